The molecular formula is C15H11NO4S. The molecule has 21 heavy (non-hydrogen) atoms. The Morgan fingerprint density at radius 2 is 1.81 bits per heavy atom. The van der Waals surface area contributed by atoms with Crippen LogP contribution in [-0.2, 0) is 15.6 Å². The molecule has 0 aliphatic rings. The zero-order chi connectivity index (χ0) is 15.5. The Kier molecular flexibility index (Phi) is 4.05. The van der Waals surface area contributed by atoms with E-state index in [1.165, 1.54) is 18.2 Å². The van der Waals surface area contributed by atoms with Crippen molar-refractivity contribution in [3.8, 4) is 6.07 Å². The summed E-state index contributed by atoms with van der Waals surface area (Å²) >= 11 is 0. The average Bonchev–Trinajstić information content (AvgIpc) is 2.48. The number of rotatable bonds is 4. The van der Waals surface area contributed by atoms with Gasteiger partial charge in [-0.05, 0) is 35.9 Å². The van der Waals surface area contributed by atoms with Crippen LogP contribution in [0, 0.1) is 11.3 Å². The molecule has 6 heteroatoms. The van der Waals surface area contributed by atoms with Crippen LogP contribution in [0.5, 0.6) is 0 Å². The van der Waals surface area contributed by atoms with Gasteiger partial charge in [0.15, 0.2) is 9.84 Å². The van der Waals surface area contributed by atoms with Gasteiger partial charge in [0.1, 0.15) is 0 Å². The standard InChI is InChI=1S/C15H11NO4S/c16-9-11-4-6-12(7-5-11)10-21(19,20)14-3-1-2-13(8-14)15(17)18/h1-8H,10H2,(H,17,18). The van der Waals surface area contributed by atoms with Crippen LogP contribution in [0.25, 0.3) is 0 Å². The Labute approximate surface area is 122 Å². The lowest BCUT2D eigenvalue weighted by Crippen LogP contribution is -2.06. The maximum Gasteiger partial charge on any atom is 0.335 e. The summed E-state index contributed by atoms with van der Waals surface area (Å²) in [5, 5.41) is 17.6. The highest BCUT2D eigenvalue weighted by molar-refractivity contribution is 7.90. The van der Waals surface area contributed by atoms with E-state index in [0.717, 1.165) is 6.07 Å². The Morgan fingerprint density at radius 3 is 2.38 bits per heavy atom. The minimum absolute atomic E-state index is 0.0354. The van der Waals surface area contributed by atoms with Crippen molar-refractivity contribution in [2.75, 3.05) is 0 Å². The van der Waals surface area contributed by atoms with Crippen molar-refractivity contribution in [2.45, 2.75) is 10.6 Å². The second-order valence-corrected chi connectivity index (χ2v) is 6.39. The minimum atomic E-state index is -3.64. The predicted octanol–water partition coefficient (Wildman–Crippen LogP) is 2.23. The van der Waals surface area contributed by atoms with Crippen molar-refractivity contribution in [2.24, 2.45) is 0 Å². The van der Waals surface area contributed by atoms with Crippen molar-refractivity contribution in [3.05, 3.63) is 65.2 Å². The monoisotopic (exact) mass is 301 g/mol. The number of carboxylic acid groups (broad SMARTS) is 1. The first-order valence-corrected chi connectivity index (χ1v) is 7.63. The third-order valence-electron chi connectivity index (χ3n) is 2.88. The molecule has 0 fully saturated rings. The summed E-state index contributed by atoms with van der Waals surface area (Å²) < 4.78 is 24.5. The summed E-state index contributed by atoms with van der Waals surface area (Å²) in [6, 6.07) is 13.4. The molecule has 0 amide bonds. The van der Waals surface area contributed by atoms with Gasteiger partial charge in [-0.3, -0.25) is 0 Å². The van der Waals surface area contributed by atoms with Gasteiger partial charge in [0.2, 0.25) is 0 Å². The Balaban J connectivity index is 2.31. The van der Waals surface area contributed by atoms with Gasteiger partial charge in [-0.2, -0.15) is 5.26 Å². The first-order valence-electron chi connectivity index (χ1n) is 5.97. The number of nitriles is 1. The molecule has 0 aliphatic carbocycles. The number of carboxylic acids is 1. The van der Waals surface area contributed by atoms with Crippen molar-refractivity contribution in [3.63, 3.8) is 0 Å². The summed E-state index contributed by atoms with van der Waals surface area (Å²) in [5.74, 6) is -1.42. The van der Waals surface area contributed by atoms with E-state index >= 15 is 0 Å². The van der Waals surface area contributed by atoms with E-state index in [1.807, 2.05) is 6.07 Å². The molecular weight excluding hydrogens is 290 g/mol. The fraction of sp³-hybridized carbons (Fsp3) is 0.0667. The molecule has 0 saturated heterocycles. The Bertz CT molecular complexity index is 817. The number of benzene rings is 2. The average molecular weight is 301 g/mol. The van der Waals surface area contributed by atoms with Crippen molar-refractivity contribution >= 4 is 15.8 Å². The van der Waals surface area contributed by atoms with Gasteiger partial charge >= 0.3 is 5.97 Å². The molecule has 0 spiro atoms. The van der Waals surface area contributed by atoms with Crippen molar-refractivity contribution in [1.82, 2.24) is 0 Å². The van der Waals surface area contributed by atoms with Gasteiger partial charge in [-0.25, -0.2) is 13.2 Å². The third kappa shape index (κ3) is 3.46. The maximum absolute atomic E-state index is 12.3. The number of carbonyl (C=O) groups is 1. The van der Waals surface area contributed by atoms with Crippen LogP contribution in [0.4, 0.5) is 0 Å². The Hall–Kier alpha value is -2.65. The molecule has 2 aromatic carbocycles. The highest BCUT2D eigenvalue weighted by atomic mass is 32.2. The molecule has 1 N–H and O–H groups in total. The summed E-state index contributed by atoms with van der Waals surface area (Å²) in [6.45, 7) is 0. The summed E-state index contributed by atoms with van der Waals surface area (Å²) in [6.07, 6.45) is 0. The van der Waals surface area contributed by atoms with E-state index in [4.69, 9.17) is 10.4 Å². The zero-order valence-corrected chi connectivity index (χ0v) is 11.7. The van der Waals surface area contributed by atoms with E-state index in [-0.39, 0.29) is 16.2 Å². The highest BCUT2D eigenvalue weighted by Crippen LogP contribution is 2.18. The van der Waals surface area contributed by atoms with Crippen LogP contribution in [0.15, 0.2) is 53.4 Å². The molecule has 5 nitrogen and oxygen atoms in total. The fourth-order valence-corrected chi connectivity index (χ4v) is 3.19. The van der Waals surface area contributed by atoms with E-state index in [0.29, 0.717) is 11.1 Å². The van der Waals surface area contributed by atoms with Gasteiger partial charge < -0.3 is 5.11 Å². The van der Waals surface area contributed by atoms with E-state index < -0.39 is 15.8 Å². The number of hydrogen-bond acceptors (Lipinski definition) is 4. The number of hydrogen-bond donors (Lipinski definition) is 1. The predicted molar refractivity (Wildman–Crippen MR) is 75.4 cm³/mol. The smallest absolute Gasteiger partial charge is 0.335 e. The molecule has 0 bridgehead atoms. The van der Waals surface area contributed by atoms with Crippen LogP contribution >= 0.6 is 0 Å². The van der Waals surface area contributed by atoms with Gasteiger partial charge in [-0.15, -0.1) is 0 Å². The Morgan fingerprint density at radius 1 is 1.14 bits per heavy atom. The molecule has 2 rings (SSSR count). The van der Waals surface area contributed by atoms with Crippen LogP contribution in [0.2, 0.25) is 0 Å². The minimum Gasteiger partial charge on any atom is -0.478 e. The van der Waals surface area contributed by atoms with Gasteiger partial charge in [-0.1, -0.05) is 18.2 Å². The number of sulfone groups is 1. The molecule has 2 aromatic rings. The fourth-order valence-electron chi connectivity index (χ4n) is 1.80. The third-order valence-corrected chi connectivity index (χ3v) is 4.57. The van der Waals surface area contributed by atoms with Crippen LogP contribution in [0.3, 0.4) is 0 Å². The summed E-state index contributed by atoms with van der Waals surface area (Å²) in [5.41, 5.74) is 0.912. The SMILES string of the molecule is N#Cc1ccc(CS(=O)(=O)c2cccc(C(=O)O)c2)cc1. The van der Waals surface area contributed by atoms with Crippen molar-refractivity contribution < 1.29 is 18.3 Å². The van der Waals surface area contributed by atoms with E-state index in [2.05, 4.69) is 0 Å². The van der Waals surface area contributed by atoms with Crippen LogP contribution < -0.4 is 0 Å². The first-order chi connectivity index (χ1) is 9.92. The second-order valence-electron chi connectivity index (χ2n) is 4.40. The number of nitrogens with zero attached hydrogens (tertiary/aromatic N) is 1. The van der Waals surface area contributed by atoms with E-state index in [1.54, 1.807) is 24.3 Å². The lowest BCUT2D eigenvalue weighted by Gasteiger charge is -2.06. The second kappa shape index (κ2) is 5.77. The molecule has 0 heterocycles. The van der Waals surface area contributed by atoms with Gasteiger partial charge in [0, 0.05) is 0 Å². The quantitative estimate of drug-likeness (QED) is 0.934. The molecule has 0 aromatic heterocycles. The molecule has 0 radical (unpaired) electrons. The summed E-state index contributed by atoms with van der Waals surface area (Å²) in [7, 11) is -3.64. The molecule has 0 unspecified atom stereocenters. The van der Waals surface area contributed by atoms with E-state index in [9.17, 15) is 13.2 Å². The maximum atomic E-state index is 12.3. The lowest BCUT2D eigenvalue weighted by molar-refractivity contribution is 0.0696. The largest absolute Gasteiger partial charge is 0.478 e. The van der Waals surface area contributed by atoms with Crippen LogP contribution in [0.1, 0.15) is 21.5 Å². The lowest BCUT2D eigenvalue weighted by atomic mass is 10.2. The highest BCUT2D eigenvalue weighted by Gasteiger charge is 2.17. The summed E-state index contributed by atoms with van der Waals surface area (Å²) in [4.78, 5) is 10.8. The topological polar surface area (TPSA) is 95.2 Å². The number of aromatic carboxylic acids is 1. The normalized spacial score (nSPS) is 10.8. The van der Waals surface area contributed by atoms with Crippen LogP contribution in [-0.4, -0.2) is 19.5 Å². The molecule has 0 aliphatic heterocycles. The van der Waals surface area contributed by atoms with Crippen molar-refractivity contribution in [1.29, 1.82) is 5.26 Å². The molecule has 0 atom stereocenters. The van der Waals surface area contributed by atoms with Gasteiger partial charge in [0.05, 0.1) is 27.8 Å². The molecule has 106 valence electrons. The van der Waals surface area contributed by atoms with Gasteiger partial charge in [0.25, 0.3) is 0 Å². The zero-order valence-electron chi connectivity index (χ0n) is 10.9. The molecule has 0 saturated carbocycles. The first kappa shape index (κ1) is 14.8.